The first-order chi connectivity index (χ1) is 7.38. The molecule has 1 saturated heterocycles. The third-order valence-electron chi connectivity index (χ3n) is 3.09. The molecule has 0 amide bonds. The molecule has 1 N–H and O–H groups in total. The molecule has 1 fully saturated rings. The molecular formula is C12H20N2O. The van der Waals surface area contributed by atoms with Gasteiger partial charge in [0, 0.05) is 38.6 Å². The van der Waals surface area contributed by atoms with Crippen LogP contribution in [0.1, 0.15) is 19.1 Å². The second-order valence-electron chi connectivity index (χ2n) is 4.19. The Morgan fingerprint density at radius 1 is 1.60 bits per heavy atom. The third kappa shape index (κ3) is 3.08. The summed E-state index contributed by atoms with van der Waals surface area (Å²) in [5.74, 6) is 1.10. The van der Waals surface area contributed by atoms with Crippen molar-refractivity contribution in [3.8, 4) is 0 Å². The molecule has 0 bridgehead atoms. The van der Waals surface area contributed by atoms with Crippen LogP contribution < -0.4 is 5.32 Å². The predicted molar refractivity (Wildman–Crippen MR) is 60.9 cm³/mol. The number of nitrogens with zero attached hydrogens (tertiary/aromatic N) is 1. The van der Waals surface area contributed by atoms with Crippen molar-refractivity contribution in [2.24, 2.45) is 0 Å². The van der Waals surface area contributed by atoms with E-state index in [1.54, 1.807) is 6.26 Å². The Kier molecular flexibility index (Phi) is 3.80. The van der Waals surface area contributed by atoms with Gasteiger partial charge in [0.05, 0.1) is 6.26 Å². The molecule has 1 aliphatic rings. The highest BCUT2D eigenvalue weighted by Crippen LogP contribution is 2.06. The first-order valence-electron chi connectivity index (χ1n) is 5.86. The molecule has 1 aromatic heterocycles. The number of furan rings is 1. The zero-order valence-corrected chi connectivity index (χ0v) is 9.41. The molecule has 0 spiro atoms. The smallest absolute Gasteiger partial charge is 0.105 e. The number of hydrogen-bond donors (Lipinski definition) is 1. The Labute approximate surface area is 91.4 Å². The van der Waals surface area contributed by atoms with Crippen LogP contribution in [0.4, 0.5) is 0 Å². The van der Waals surface area contributed by atoms with Gasteiger partial charge in [0.2, 0.25) is 0 Å². The van der Waals surface area contributed by atoms with Crippen LogP contribution in [0.5, 0.6) is 0 Å². The van der Waals surface area contributed by atoms with Gasteiger partial charge in [-0.05, 0) is 18.6 Å². The van der Waals surface area contributed by atoms with E-state index in [2.05, 4.69) is 23.2 Å². The minimum Gasteiger partial charge on any atom is -0.469 e. The van der Waals surface area contributed by atoms with Crippen LogP contribution >= 0.6 is 0 Å². The van der Waals surface area contributed by atoms with Gasteiger partial charge in [0.1, 0.15) is 5.76 Å². The SMILES string of the molecule is CCC1CN(CCc2ccco2)CCN1. The number of hydrogen-bond acceptors (Lipinski definition) is 3. The zero-order chi connectivity index (χ0) is 10.5. The Morgan fingerprint density at radius 3 is 3.27 bits per heavy atom. The first-order valence-corrected chi connectivity index (χ1v) is 5.86. The number of piperazine rings is 1. The van der Waals surface area contributed by atoms with Gasteiger partial charge in [0.15, 0.2) is 0 Å². The second kappa shape index (κ2) is 5.33. The Hall–Kier alpha value is -0.800. The molecule has 1 aromatic rings. The highest BCUT2D eigenvalue weighted by atomic mass is 16.3. The van der Waals surface area contributed by atoms with E-state index in [-0.39, 0.29) is 0 Å². The fraction of sp³-hybridized carbons (Fsp3) is 0.667. The van der Waals surface area contributed by atoms with Crippen molar-refractivity contribution >= 4 is 0 Å². The Morgan fingerprint density at radius 2 is 2.53 bits per heavy atom. The molecule has 0 aromatic carbocycles. The topological polar surface area (TPSA) is 28.4 Å². The van der Waals surface area contributed by atoms with Crippen LogP contribution in [0.15, 0.2) is 22.8 Å². The molecule has 3 nitrogen and oxygen atoms in total. The maximum absolute atomic E-state index is 5.34. The molecule has 2 rings (SSSR count). The lowest BCUT2D eigenvalue weighted by molar-refractivity contribution is 0.196. The van der Waals surface area contributed by atoms with Crippen LogP contribution in [-0.2, 0) is 6.42 Å². The molecule has 2 heterocycles. The zero-order valence-electron chi connectivity index (χ0n) is 9.41. The molecule has 0 saturated carbocycles. The van der Waals surface area contributed by atoms with Crippen molar-refractivity contribution < 1.29 is 4.42 Å². The van der Waals surface area contributed by atoms with Gasteiger partial charge in [-0.1, -0.05) is 6.92 Å². The van der Waals surface area contributed by atoms with Crippen LogP contribution in [0.25, 0.3) is 0 Å². The Bertz CT molecular complexity index is 271. The summed E-state index contributed by atoms with van der Waals surface area (Å²) in [6.45, 7) is 6.82. The quantitative estimate of drug-likeness (QED) is 0.813. The Balaban J connectivity index is 1.74. The van der Waals surface area contributed by atoms with E-state index in [4.69, 9.17) is 4.42 Å². The molecule has 0 aliphatic carbocycles. The van der Waals surface area contributed by atoms with Crippen molar-refractivity contribution in [1.29, 1.82) is 0 Å². The molecule has 1 atom stereocenters. The lowest BCUT2D eigenvalue weighted by atomic mass is 10.1. The van der Waals surface area contributed by atoms with Crippen molar-refractivity contribution in [1.82, 2.24) is 10.2 Å². The summed E-state index contributed by atoms with van der Waals surface area (Å²) < 4.78 is 5.34. The summed E-state index contributed by atoms with van der Waals surface area (Å²) >= 11 is 0. The summed E-state index contributed by atoms with van der Waals surface area (Å²) in [7, 11) is 0. The maximum Gasteiger partial charge on any atom is 0.105 e. The molecule has 1 aliphatic heterocycles. The van der Waals surface area contributed by atoms with Crippen LogP contribution in [-0.4, -0.2) is 37.1 Å². The van der Waals surface area contributed by atoms with Crippen LogP contribution in [0.3, 0.4) is 0 Å². The minimum atomic E-state index is 0.676. The summed E-state index contributed by atoms with van der Waals surface area (Å²) in [5.41, 5.74) is 0. The lowest BCUT2D eigenvalue weighted by Gasteiger charge is -2.32. The molecule has 0 radical (unpaired) electrons. The summed E-state index contributed by atoms with van der Waals surface area (Å²) in [6, 6.07) is 4.69. The lowest BCUT2D eigenvalue weighted by Crippen LogP contribution is -2.50. The van der Waals surface area contributed by atoms with Crippen molar-refractivity contribution in [3.63, 3.8) is 0 Å². The average molecular weight is 208 g/mol. The van der Waals surface area contributed by atoms with E-state index in [0.717, 1.165) is 31.8 Å². The van der Waals surface area contributed by atoms with E-state index in [1.165, 1.54) is 13.0 Å². The van der Waals surface area contributed by atoms with Gasteiger partial charge < -0.3 is 14.6 Å². The second-order valence-corrected chi connectivity index (χ2v) is 4.19. The average Bonchev–Trinajstić information content (AvgIpc) is 2.79. The van der Waals surface area contributed by atoms with Crippen molar-refractivity contribution in [2.45, 2.75) is 25.8 Å². The molecule has 15 heavy (non-hydrogen) atoms. The largest absolute Gasteiger partial charge is 0.469 e. The van der Waals surface area contributed by atoms with E-state index < -0.39 is 0 Å². The third-order valence-corrected chi connectivity index (χ3v) is 3.09. The van der Waals surface area contributed by atoms with Crippen LogP contribution in [0.2, 0.25) is 0 Å². The van der Waals surface area contributed by atoms with Gasteiger partial charge in [-0.3, -0.25) is 0 Å². The monoisotopic (exact) mass is 208 g/mol. The summed E-state index contributed by atoms with van der Waals surface area (Å²) in [6.07, 6.45) is 4.00. The number of rotatable bonds is 4. The fourth-order valence-corrected chi connectivity index (χ4v) is 2.09. The maximum atomic E-state index is 5.34. The van der Waals surface area contributed by atoms with Crippen LogP contribution in [0, 0.1) is 0 Å². The van der Waals surface area contributed by atoms with Crippen molar-refractivity contribution in [3.05, 3.63) is 24.2 Å². The highest BCUT2D eigenvalue weighted by Gasteiger charge is 2.17. The normalized spacial score (nSPS) is 23.1. The summed E-state index contributed by atoms with van der Waals surface area (Å²) in [5, 5.41) is 3.53. The van der Waals surface area contributed by atoms with Gasteiger partial charge in [-0.25, -0.2) is 0 Å². The molecule has 3 heteroatoms. The standard InChI is InChI=1S/C12H20N2O/c1-2-11-10-14(8-6-13-11)7-5-12-4-3-9-15-12/h3-4,9,11,13H,2,5-8,10H2,1H3. The van der Waals surface area contributed by atoms with Gasteiger partial charge in [-0.15, -0.1) is 0 Å². The predicted octanol–water partition coefficient (Wildman–Crippen LogP) is 1.51. The van der Waals surface area contributed by atoms with Crippen molar-refractivity contribution in [2.75, 3.05) is 26.2 Å². The van der Waals surface area contributed by atoms with E-state index in [1.807, 2.05) is 6.07 Å². The molecule has 1 unspecified atom stereocenters. The first kappa shape index (κ1) is 10.7. The highest BCUT2D eigenvalue weighted by molar-refractivity contribution is 4.98. The fourth-order valence-electron chi connectivity index (χ4n) is 2.09. The van der Waals surface area contributed by atoms with Gasteiger partial charge >= 0.3 is 0 Å². The van der Waals surface area contributed by atoms with E-state index in [9.17, 15) is 0 Å². The number of nitrogens with one attached hydrogen (secondary N) is 1. The molecule has 84 valence electrons. The van der Waals surface area contributed by atoms with E-state index in [0.29, 0.717) is 6.04 Å². The summed E-state index contributed by atoms with van der Waals surface area (Å²) in [4.78, 5) is 2.52. The minimum absolute atomic E-state index is 0.676. The molecular weight excluding hydrogens is 188 g/mol. The van der Waals surface area contributed by atoms with Gasteiger partial charge in [0.25, 0.3) is 0 Å². The van der Waals surface area contributed by atoms with Gasteiger partial charge in [-0.2, -0.15) is 0 Å². The van der Waals surface area contributed by atoms with E-state index >= 15 is 0 Å².